The number of pyridine rings is 1. The van der Waals surface area contributed by atoms with Crippen molar-refractivity contribution in [2.75, 3.05) is 5.73 Å². The predicted octanol–water partition coefficient (Wildman–Crippen LogP) is 3.67. The van der Waals surface area contributed by atoms with Crippen molar-refractivity contribution < 1.29 is 5.11 Å². The van der Waals surface area contributed by atoms with E-state index in [9.17, 15) is 20.4 Å². The van der Waals surface area contributed by atoms with Crippen LogP contribution < -0.4 is 11.3 Å². The lowest BCUT2D eigenvalue weighted by atomic mass is 9.77. The molecule has 1 heterocycles. The van der Waals surface area contributed by atoms with Crippen molar-refractivity contribution in [2.45, 2.75) is 52.4 Å². The Morgan fingerprint density at radius 2 is 1.56 bits per heavy atom. The van der Waals surface area contributed by atoms with Crippen LogP contribution in [0.3, 0.4) is 0 Å². The van der Waals surface area contributed by atoms with Crippen LogP contribution in [0.15, 0.2) is 16.9 Å². The molecule has 0 fully saturated rings. The fourth-order valence-corrected chi connectivity index (χ4v) is 2.94. The van der Waals surface area contributed by atoms with E-state index in [-0.39, 0.29) is 39.2 Å². The van der Waals surface area contributed by atoms with Crippen molar-refractivity contribution in [3.05, 3.63) is 44.7 Å². The lowest BCUT2D eigenvalue weighted by molar-refractivity contribution is 0.446. The Hall–Kier alpha value is -3.25. The van der Waals surface area contributed by atoms with E-state index in [1.165, 1.54) is 0 Å². The van der Waals surface area contributed by atoms with Gasteiger partial charge in [-0.05, 0) is 22.5 Å². The lowest BCUT2D eigenvalue weighted by Gasteiger charge is -2.28. The number of hydrogen-bond donors (Lipinski definition) is 3. The molecule has 6 heteroatoms. The maximum atomic E-state index is 12.3. The standard InChI is InChI=1S/C21H24N4O2/c1-20(2,3)11-7-12(17(26)15(8-11)21(4,5)6)16-13(9-22)18(24)25-19(27)14(16)10-23/h7-8,26H,1-6H3,(H3,24,25,27). The summed E-state index contributed by atoms with van der Waals surface area (Å²) in [4.78, 5) is 14.6. The predicted molar refractivity (Wildman–Crippen MR) is 105 cm³/mol. The van der Waals surface area contributed by atoms with E-state index in [1.807, 2.05) is 59.7 Å². The third-order valence-corrected chi connectivity index (χ3v) is 4.52. The Kier molecular flexibility index (Phi) is 4.82. The minimum atomic E-state index is -0.693. The van der Waals surface area contributed by atoms with Crippen LogP contribution in [0.5, 0.6) is 5.75 Å². The molecule has 0 spiro atoms. The number of nitrogens with two attached hydrogens (primary N) is 1. The maximum absolute atomic E-state index is 12.3. The zero-order valence-corrected chi connectivity index (χ0v) is 16.5. The van der Waals surface area contributed by atoms with E-state index >= 15 is 0 Å². The third kappa shape index (κ3) is 3.52. The van der Waals surface area contributed by atoms with Crippen LogP contribution >= 0.6 is 0 Å². The van der Waals surface area contributed by atoms with Crippen molar-refractivity contribution >= 4 is 5.82 Å². The van der Waals surface area contributed by atoms with Gasteiger partial charge in [0.05, 0.1) is 0 Å². The van der Waals surface area contributed by atoms with E-state index in [0.717, 1.165) is 5.56 Å². The molecule has 0 saturated heterocycles. The van der Waals surface area contributed by atoms with E-state index in [2.05, 4.69) is 4.98 Å². The summed E-state index contributed by atoms with van der Waals surface area (Å²) in [6.45, 7) is 12.0. The van der Waals surface area contributed by atoms with Crippen LogP contribution in [0.4, 0.5) is 5.82 Å². The molecule has 0 aliphatic rings. The molecule has 2 rings (SSSR count). The van der Waals surface area contributed by atoms with Crippen LogP contribution in [-0.2, 0) is 10.8 Å². The summed E-state index contributed by atoms with van der Waals surface area (Å²) in [6, 6.07) is 7.44. The Morgan fingerprint density at radius 3 is 2.00 bits per heavy atom. The lowest BCUT2D eigenvalue weighted by Crippen LogP contribution is -2.19. The van der Waals surface area contributed by atoms with Gasteiger partial charge in [-0.15, -0.1) is 0 Å². The first-order valence-electron chi connectivity index (χ1n) is 8.57. The minimum Gasteiger partial charge on any atom is -0.507 e. The van der Waals surface area contributed by atoms with Gasteiger partial charge < -0.3 is 15.8 Å². The molecule has 0 atom stereocenters. The Bertz CT molecular complexity index is 1050. The molecule has 0 amide bonds. The van der Waals surface area contributed by atoms with Gasteiger partial charge in [0.15, 0.2) is 0 Å². The number of benzene rings is 1. The summed E-state index contributed by atoms with van der Waals surface area (Å²) in [5.74, 6) is -0.192. The average molecular weight is 364 g/mol. The highest BCUT2D eigenvalue weighted by Gasteiger charge is 2.28. The molecule has 0 saturated carbocycles. The van der Waals surface area contributed by atoms with Gasteiger partial charge in [0.2, 0.25) is 0 Å². The number of aromatic hydroxyl groups is 1. The van der Waals surface area contributed by atoms with Crippen LogP contribution in [0.25, 0.3) is 11.1 Å². The smallest absolute Gasteiger partial charge is 0.268 e. The molecule has 6 nitrogen and oxygen atoms in total. The van der Waals surface area contributed by atoms with Gasteiger partial charge in [-0.3, -0.25) is 4.79 Å². The van der Waals surface area contributed by atoms with Crippen LogP contribution in [0.2, 0.25) is 0 Å². The quantitative estimate of drug-likeness (QED) is 0.711. The Labute approximate surface area is 158 Å². The summed E-state index contributed by atoms with van der Waals surface area (Å²) in [5, 5.41) is 30.1. The normalized spacial score (nSPS) is 11.7. The van der Waals surface area contributed by atoms with Gasteiger partial charge in [-0.1, -0.05) is 47.6 Å². The van der Waals surface area contributed by atoms with Crippen LogP contribution in [-0.4, -0.2) is 10.1 Å². The third-order valence-electron chi connectivity index (χ3n) is 4.52. The maximum Gasteiger partial charge on any atom is 0.268 e. The number of rotatable bonds is 1. The minimum absolute atomic E-state index is 0.0348. The van der Waals surface area contributed by atoms with Gasteiger partial charge in [0, 0.05) is 16.7 Å². The van der Waals surface area contributed by atoms with Gasteiger partial charge in [0.25, 0.3) is 5.56 Å². The molecule has 0 unspecified atom stereocenters. The number of hydrogen-bond acceptors (Lipinski definition) is 5. The first-order chi connectivity index (χ1) is 12.3. The molecule has 1 aromatic carbocycles. The first kappa shape index (κ1) is 20.1. The van der Waals surface area contributed by atoms with Crippen molar-refractivity contribution in [1.29, 1.82) is 10.5 Å². The Morgan fingerprint density at radius 1 is 1.00 bits per heavy atom. The van der Waals surface area contributed by atoms with Crippen LogP contribution in [0, 0.1) is 22.7 Å². The number of phenolic OH excluding ortho intramolecular Hbond substituents is 1. The molecule has 4 N–H and O–H groups in total. The van der Waals surface area contributed by atoms with E-state index in [1.54, 1.807) is 6.07 Å². The van der Waals surface area contributed by atoms with Gasteiger partial charge in [-0.25, -0.2) is 0 Å². The number of nitrogens with zero attached hydrogens (tertiary/aromatic N) is 2. The highest BCUT2D eigenvalue weighted by molar-refractivity contribution is 5.84. The molecular formula is C21H24N4O2. The number of anilines is 1. The van der Waals surface area contributed by atoms with E-state index < -0.39 is 11.0 Å². The van der Waals surface area contributed by atoms with Gasteiger partial charge in [0.1, 0.15) is 34.8 Å². The summed E-state index contributed by atoms with van der Waals surface area (Å²) in [5.41, 5.74) is 6.10. The van der Waals surface area contributed by atoms with E-state index in [0.29, 0.717) is 5.56 Å². The molecule has 0 bridgehead atoms. The fourth-order valence-electron chi connectivity index (χ4n) is 2.94. The second kappa shape index (κ2) is 6.48. The Balaban J connectivity index is 3.12. The molecule has 0 radical (unpaired) electrons. The zero-order chi connectivity index (χ0) is 20.7. The van der Waals surface area contributed by atoms with Crippen molar-refractivity contribution in [3.63, 3.8) is 0 Å². The second-order valence-corrected chi connectivity index (χ2v) is 8.64. The van der Waals surface area contributed by atoms with Crippen molar-refractivity contribution in [2.24, 2.45) is 0 Å². The molecule has 0 aliphatic heterocycles. The highest BCUT2D eigenvalue weighted by Crippen LogP contribution is 2.43. The average Bonchev–Trinajstić information content (AvgIpc) is 2.52. The molecule has 27 heavy (non-hydrogen) atoms. The summed E-state index contributed by atoms with van der Waals surface area (Å²) in [6.07, 6.45) is 0. The molecule has 1 aromatic heterocycles. The number of nitrogen functional groups attached to an aromatic ring is 1. The summed E-state index contributed by atoms with van der Waals surface area (Å²) < 4.78 is 0. The van der Waals surface area contributed by atoms with Gasteiger partial charge in [-0.2, -0.15) is 10.5 Å². The number of phenols is 1. The van der Waals surface area contributed by atoms with Gasteiger partial charge >= 0.3 is 0 Å². The topological polar surface area (TPSA) is 127 Å². The monoisotopic (exact) mass is 364 g/mol. The second-order valence-electron chi connectivity index (χ2n) is 8.64. The molecule has 140 valence electrons. The summed E-state index contributed by atoms with van der Waals surface area (Å²) >= 11 is 0. The first-order valence-corrected chi connectivity index (χ1v) is 8.57. The zero-order valence-electron chi connectivity index (χ0n) is 16.5. The largest absolute Gasteiger partial charge is 0.507 e. The molecule has 2 aromatic rings. The molecular weight excluding hydrogens is 340 g/mol. The van der Waals surface area contributed by atoms with Crippen LogP contribution in [0.1, 0.15) is 63.8 Å². The van der Waals surface area contributed by atoms with Crippen molar-refractivity contribution in [1.82, 2.24) is 4.98 Å². The number of aromatic nitrogens is 1. The SMILES string of the molecule is CC(C)(C)c1cc(-c2c(C#N)c(N)[nH]c(=O)c2C#N)c(O)c(C(C)(C)C)c1. The number of aromatic amines is 1. The molecule has 0 aliphatic carbocycles. The highest BCUT2D eigenvalue weighted by atomic mass is 16.3. The van der Waals surface area contributed by atoms with E-state index in [4.69, 9.17) is 5.73 Å². The fraction of sp³-hybridized carbons (Fsp3) is 0.381. The number of H-pyrrole nitrogens is 1. The number of nitriles is 2. The summed E-state index contributed by atoms with van der Waals surface area (Å²) in [7, 11) is 0. The number of nitrogens with one attached hydrogen (secondary N) is 1. The van der Waals surface area contributed by atoms with Crippen molar-refractivity contribution in [3.8, 4) is 29.0 Å².